The number of ether oxygens (including phenoxy) is 2. The number of fused-ring (bicyclic) bond motifs is 1. The highest BCUT2D eigenvalue weighted by molar-refractivity contribution is 6.30. The monoisotopic (exact) mass is 456 g/mol. The number of likely N-dealkylation sites (N-methyl/N-ethyl adjacent to an activating group) is 2. The number of hydrogen-bond donors (Lipinski definition) is 1. The number of benzene rings is 1. The quantitative estimate of drug-likeness (QED) is 0.605. The fourth-order valence-corrected chi connectivity index (χ4v) is 4.01. The van der Waals surface area contributed by atoms with Crippen LogP contribution in [0.4, 0.5) is 11.5 Å². The number of aromatic nitrogens is 3. The lowest BCUT2D eigenvalue weighted by Crippen LogP contribution is -2.40. The first kappa shape index (κ1) is 22.0. The van der Waals surface area contributed by atoms with Crippen LogP contribution in [-0.2, 0) is 4.79 Å². The Labute approximate surface area is 191 Å². The summed E-state index contributed by atoms with van der Waals surface area (Å²) in [6.45, 7) is 0.635. The molecule has 1 aliphatic rings. The van der Waals surface area contributed by atoms with Gasteiger partial charge in [0, 0.05) is 44.7 Å². The first-order valence-corrected chi connectivity index (χ1v) is 10.5. The molecule has 10 heteroatoms. The molecule has 4 rings (SSSR count). The van der Waals surface area contributed by atoms with Crippen molar-refractivity contribution < 1.29 is 14.3 Å². The molecule has 0 spiro atoms. The number of methoxy groups -OCH3 is 1. The molecular weight excluding hydrogens is 432 g/mol. The summed E-state index contributed by atoms with van der Waals surface area (Å²) in [7, 11) is 7.05. The Morgan fingerprint density at radius 1 is 1.22 bits per heavy atom. The summed E-state index contributed by atoms with van der Waals surface area (Å²) >= 11 is 6.05. The molecule has 2 atom stereocenters. The summed E-state index contributed by atoms with van der Waals surface area (Å²) < 4.78 is 11.9. The van der Waals surface area contributed by atoms with Crippen LogP contribution in [0.5, 0.6) is 11.5 Å². The number of hydrogen-bond acceptors (Lipinski definition) is 8. The molecule has 3 heterocycles. The van der Waals surface area contributed by atoms with E-state index in [4.69, 9.17) is 21.1 Å². The van der Waals surface area contributed by atoms with Crippen molar-refractivity contribution in [2.75, 3.05) is 40.1 Å². The summed E-state index contributed by atoms with van der Waals surface area (Å²) in [5.74, 6) is 1.80. The zero-order valence-electron chi connectivity index (χ0n) is 18.4. The third-order valence-electron chi connectivity index (χ3n) is 5.42. The Kier molecular flexibility index (Phi) is 6.29. The second-order valence-electron chi connectivity index (χ2n) is 7.92. The van der Waals surface area contributed by atoms with Crippen LogP contribution in [-0.4, -0.2) is 77.6 Å². The van der Waals surface area contributed by atoms with Crippen molar-refractivity contribution >= 4 is 39.9 Å². The molecule has 1 aliphatic heterocycles. The average molecular weight is 457 g/mol. The van der Waals surface area contributed by atoms with Gasteiger partial charge in [0.2, 0.25) is 5.91 Å². The second kappa shape index (κ2) is 9.13. The van der Waals surface area contributed by atoms with E-state index in [0.717, 1.165) is 5.39 Å². The van der Waals surface area contributed by atoms with Gasteiger partial charge in [-0.05, 0) is 19.2 Å². The molecule has 0 radical (unpaired) electrons. The molecule has 2 aromatic heterocycles. The van der Waals surface area contributed by atoms with Crippen molar-refractivity contribution in [3.63, 3.8) is 0 Å². The van der Waals surface area contributed by atoms with Crippen LogP contribution in [0.3, 0.4) is 0 Å². The fourth-order valence-electron chi connectivity index (χ4n) is 3.84. The highest BCUT2D eigenvalue weighted by Crippen LogP contribution is 2.36. The number of rotatable bonds is 6. The van der Waals surface area contributed by atoms with Crippen LogP contribution in [0, 0.1) is 0 Å². The molecule has 0 bridgehead atoms. The van der Waals surface area contributed by atoms with E-state index in [-0.39, 0.29) is 18.1 Å². The maximum absolute atomic E-state index is 12.5. The zero-order chi connectivity index (χ0) is 22.8. The Bertz CT molecular complexity index is 1140. The fraction of sp³-hybridized carbons (Fsp3) is 0.364. The summed E-state index contributed by atoms with van der Waals surface area (Å²) in [5.41, 5.74) is 1.41. The molecule has 1 amide bonds. The van der Waals surface area contributed by atoms with Crippen LogP contribution in [0.25, 0.3) is 10.9 Å². The van der Waals surface area contributed by atoms with E-state index >= 15 is 0 Å². The number of nitrogens with one attached hydrogen (secondary N) is 1. The van der Waals surface area contributed by atoms with E-state index in [9.17, 15) is 4.79 Å². The number of nitrogens with zero attached hydrogens (tertiary/aromatic N) is 5. The van der Waals surface area contributed by atoms with Crippen LogP contribution in [0.2, 0.25) is 5.02 Å². The minimum atomic E-state index is -0.211. The van der Waals surface area contributed by atoms with Crippen LogP contribution >= 0.6 is 11.6 Å². The Balaban J connectivity index is 1.63. The number of likely N-dealkylation sites (tertiary alicyclic amines) is 1. The second-order valence-corrected chi connectivity index (χ2v) is 8.36. The van der Waals surface area contributed by atoms with Crippen molar-refractivity contribution in [3.8, 4) is 11.5 Å². The highest BCUT2D eigenvalue weighted by atomic mass is 35.5. The SMILES string of the molecule is COc1cc2ncnc(Nc3cncc(Cl)c3)c2cc1O[C@H]1C[C@H](C(=O)N(C)C)N(C)C1. The van der Waals surface area contributed by atoms with Gasteiger partial charge in [-0.2, -0.15) is 0 Å². The van der Waals surface area contributed by atoms with Gasteiger partial charge in [-0.1, -0.05) is 11.6 Å². The molecule has 0 unspecified atom stereocenters. The first-order valence-electron chi connectivity index (χ1n) is 10.1. The minimum absolute atomic E-state index is 0.0686. The maximum atomic E-state index is 12.5. The van der Waals surface area contributed by atoms with Crippen LogP contribution < -0.4 is 14.8 Å². The lowest BCUT2D eigenvalue weighted by Gasteiger charge is -2.21. The highest BCUT2D eigenvalue weighted by Gasteiger charge is 2.36. The summed E-state index contributed by atoms with van der Waals surface area (Å²) in [6, 6.07) is 5.22. The molecule has 0 aliphatic carbocycles. The number of anilines is 2. The number of carbonyl (C=O) groups excluding carboxylic acids is 1. The molecule has 9 nitrogen and oxygen atoms in total. The van der Waals surface area contributed by atoms with Gasteiger partial charge in [-0.15, -0.1) is 0 Å². The van der Waals surface area contributed by atoms with Crippen LogP contribution in [0.15, 0.2) is 36.9 Å². The van der Waals surface area contributed by atoms with Gasteiger partial charge in [0.25, 0.3) is 0 Å². The van der Waals surface area contributed by atoms with Gasteiger partial charge >= 0.3 is 0 Å². The lowest BCUT2D eigenvalue weighted by atomic mass is 10.1. The largest absolute Gasteiger partial charge is 0.493 e. The minimum Gasteiger partial charge on any atom is -0.493 e. The number of halogens is 1. The standard InChI is InChI=1S/C22H25ClN6O3/c1-28(2)22(30)18-6-15(11-29(18)3)32-20-7-16-17(8-19(20)31-4)25-12-26-21(16)27-14-5-13(23)9-24-10-14/h5,7-10,12,15,18H,6,11H2,1-4H3,(H,25,26,27)/t15-,18+/m0/s1. The maximum Gasteiger partial charge on any atom is 0.239 e. The molecule has 1 fully saturated rings. The third kappa shape index (κ3) is 4.53. The topological polar surface area (TPSA) is 92.7 Å². The summed E-state index contributed by atoms with van der Waals surface area (Å²) in [6.07, 6.45) is 5.15. The Hall–Kier alpha value is -3.17. The van der Waals surface area contributed by atoms with E-state index in [2.05, 4.69) is 20.3 Å². The number of pyridine rings is 1. The van der Waals surface area contributed by atoms with Crippen molar-refractivity contribution in [1.29, 1.82) is 0 Å². The first-order chi connectivity index (χ1) is 15.4. The van der Waals surface area contributed by atoms with E-state index in [0.29, 0.717) is 46.5 Å². The normalized spacial score (nSPS) is 18.5. The molecule has 168 valence electrons. The lowest BCUT2D eigenvalue weighted by molar-refractivity contribution is -0.133. The molecule has 1 N–H and O–H groups in total. The van der Waals surface area contributed by atoms with E-state index in [1.54, 1.807) is 44.6 Å². The van der Waals surface area contributed by atoms with E-state index < -0.39 is 0 Å². The van der Waals surface area contributed by atoms with Gasteiger partial charge in [0.15, 0.2) is 11.5 Å². The molecule has 1 saturated heterocycles. The molecular formula is C22H25ClN6O3. The number of carbonyl (C=O) groups is 1. The van der Waals surface area contributed by atoms with Crippen LogP contribution in [0.1, 0.15) is 6.42 Å². The van der Waals surface area contributed by atoms with Crippen molar-refractivity contribution in [1.82, 2.24) is 24.8 Å². The van der Waals surface area contributed by atoms with Gasteiger partial charge in [0.05, 0.1) is 35.6 Å². The van der Waals surface area contributed by atoms with Crippen molar-refractivity contribution in [3.05, 3.63) is 41.9 Å². The van der Waals surface area contributed by atoms with Gasteiger partial charge in [0.1, 0.15) is 18.2 Å². The average Bonchev–Trinajstić information content (AvgIpc) is 3.13. The van der Waals surface area contributed by atoms with E-state index in [1.807, 2.05) is 24.1 Å². The molecule has 3 aromatic rings. The van der Waals surface area contributed by atoms with Crippen molar-refractivity contribution in [2.24, 2.45) is 0 Å². The van der Waals surface area contributed by atoms with Gasteiger partial charge in [-0.25, -0.2) is 9.97 Å². The summed E-state index contributed by atoms with van der Waals surface area (Å²) in [4.78, 5) is 28.9. The molecule has 32 heavy (non-hydrogen) atoms. The Morgan fingerprint density at radius 2 is 2.03 bits per heavy atom. The third-order valence-corrected chi connectivity index (χ3v) is 5.62. The smallest absolute Gasteiger partial charge is 0.239 e. The van der Waals surface area contributed by atoms with E-state index in [1.165, 1.54) is 6.33 Å². The predicted molar refractivity (Wildman–Crippen MR) is 123 cm³/mol. The molecule has 1 aromatic carbocycles. The van der Waals surface area contributed by atoms with Gasteiger partial charge in [-0.3, -0.25) is 14.7 Å². The predicted octanol–water partition coefficient (Wildman–Crippen LogP) is 2.97. The Morgan fingerprint density at radius 3 is 2.75 bits per heavy atom. The zero-order valence-corrected chi connectivity index (χ0v) is 19.1. The number of amides is 1. The molecule has 0 saturated carbocycles. The summed E-state index contributed by atoms with van der Waals surface area (Å²) in [5, 5.41) is 4.51. The van der Waals surface area contributed by atoms with Crippen molar-refractivity contribution in [2.45, 2.75) is 18.6 Å². The van der Waals surface area contributed by atoms with Gasteiger partial charge < -0.3 is 19.7 Å².